The summed E-state index contributed by atoms with van der Waals surface area (Å²) in [6, 6.07) is 30.7. The van der Waals surface area contributed by atoms with Crippen LogP contribution < -0.4 is 10.9 Å². The molecular weight excluding hydrogens is 416 g/mol. The van der Waals surface area contributed by atoms with Crippen LogP contribution in [0.1, 0.15) is 28.8 Å². The van der Waals surface area contributed by atoms with Gasteiger partial charge in [-0.05, 0) is 28.8 Å². The summed E-state index contributed by atoms with van der Waals surface area (Å²) < 4.78 is 0. The molecule has 2 heterocycles. The van der Waals surface area contributed by atoms with Gasteiger partial charge in [0.1, 0.15) is 0 Å². The third kappa shape index (κ3) is 4.90. The minimum Gasteiger partial charge on any atom is -0.300 e. The number of nitrogens with zero attached hydrogens (tertiary/aromatic N) is 2. The molecule has 0 saturated carbocycles. The highest BCUT2D eigenvalue weighted by atomic mass is 35.5. The standard InChI is InChI=1S/C27H31ClN4/c28-25-13-11-21(12-14-25)26-24(19-29-30-26)20-31-15-17-32(18-16-31)27(22-7-3-1-4-8-22)23-9-5-2-6-10-23/h1-14,24,26-27,29-30H,15-20H2. The van der Waals surface area contributed by atoms with Crippen LogP contribution in [0.5, 0.6) is 0 Å². The van der Waals surface area contributed by atoms with Gasteiger partial charge in [-0.1, -0.05) is 84.4 Å². The molecule has 0 bridgehead atoms. The number of rotatable bonds is 6. The summed E-state index contributed by atoms with van der Waals surface area (Å²) in [7, 11) is 0. The third-order valence-corrected chi connectivity index (χ3v) is 7.07. The van der Waals surface area contributed by atoms with E-state index in [4.69, 9.17) is 11.6 Å². The largest absolute Gasteiger partial charge is 0.300 e. The number of halogens is 1. The van der Waals surface area contributed by atoms with Crippen molar-refractivity contribution in [3.05, 3.63) is 107 Å². The van der Waals surface area contributed by atoms with Gasteiger partial charge < -0.3 is 4.90 Å². The molecule has 2 N–H and O–H groups in total. The van der Waals surface area contributed by atoms with Crippen molar-refractivity contribution < 1.29 is 0 Å². The van der Waals surface area contributed by atoms with Gasteiger partial charge in [-0.2, -0.15) is 0 Å². The van der Waals surface area contributed by atoms with Crippen LogP contribution in [0.4, 0.5) is 0 Å². The van der Waals surface area contributed by atoms with E-state index < -0.39 is 0 Å². The fourth-order valence-electron chi connectivity index (χ4n) is 5.15. The Bertz CT molecular complexity index is 932. The molecule has 2 saturated heterocycles. The van der Waals surface area contributed by atoms with Crippen LogP contribution in [0, 0.1) is 5.92 Å². The van der Waals surface area contributed by atoms with Crippen LogP contribution in [-0.2, 0) is 0 Å². The van der Waals surface area contributed by atoms with Gasteiger partial charge in [-0.25, -0.2) is 5.43 Å². The molecule has 4 nitrogen and oxygen atoms in total. The van der Waals surface area contributed by atoms with Crippen LogP contribution in [0.25, 0.3) is 0 Å². The smallest absolute Gasteiger partial charge is 0.0602 e. The summed E-state index contributed by atoms with van der Waals surface area (Å²) in [4.78, 5) is 5.27. The summed E-state index contributed by atoms with van der Waals surface area (Å²) in [6.07, 6.45) is 0. The zero-order valence-electron chi connectivity index (χ0n) is 18.3. The second-order valence-corrected chi connectivity index (χ2v) is 9.31. The van der Waals surface area contributed by atoms with E-state index in [9.17, 15) is 0 Å². The number of nitrogens with one attached hydrogen (secondary N) is 2. The van der Waals surface area contributed by atoms with Crippen molar-refractivity contribution in [2.45, 2.75) is 12.1 Å². The van der Waals surface area contributed by atoms with Crippen molar-refractivity contribution in [1.82, 2.24) is 20.7 Å². The highest BCUT2D eigenvalue weighted by molar-refractivity contribution is 6.30. The van der Waals surface area contributed by atoms with Gasteiger partial charge in [-0.15, -0.1) is 0 Å². The SMILES string of the molecule is Clc1ccc(C2NNCC2CN2CCN(C(c3ccccc3)c3ccccc3)CC2)cc1. The van der Waals surface area contributed by atoms with Gasteiger partial charge in [0.15, 0.2) is 0 Å². The van der Waals surface area contributed by atoms with Crippen LogP contribution in [-0.4, -0.2) is 49.1 Å². The first-order valence-electron chi connectivity index (χ1n) is 11.6. The van der Waals surface area contributed by atoms with Crippen molar-refractivity contribution in [1.29, 1.82) is 0 Å². The van der Waals surface area contributed by atoms with E-state index in [1.165, 1.54) is 16.7 Å². The maximum Gasteiger partial charge on any atom is 0.0602 e. The molecule has 2 unspecified atom stereocenters. The Balaban J connectivity index is 1.24. The van der Waals surface area contributed by atoms with Crippen LogP contribution in [0.2, 0.25) is 5.02 Å². The summed E-state index contributed by atoms with van der Waals surface area (Å²) in [5, 5.41) is 0.791. The molecule has 0 aromatic heterocycles. The second-order valence-electron chi connectivity index (χ2n) is 8.88. The quantitative estimate of drug-likeness (QED) is 0.583. The minimum absolute atomic E-state index is 0.316. The number of hydrogen-bond donors (Lipinski definition) is 2. The highest BCUT2D eigenvalue weighted by Gasteiger charge is 2.32. The Hall–Kier alpha value is -2.21. The van der Waals surface area contributed by atoms with Crippen molar-refractivity contribution in [3.8, 4) is 0 Å². The molecule has 0 aliphatic carbocycles. The Kier molecular flexibility index (Phi) is 6.86. The van der Waals surface area contributed by atoms with Crippen molar-refractivity contribution in [3.63, 3.8) is 0 Å². The van der Waals surface area contributed by atoms with Gasteiger partial charge in [0.25, 0.3) is 0 Å². The van der Waals surface area contributed by atoms with Crippen LogP contribution >= 0.6 is 11.6 Å². The monoisotopic (exact) mass is 446 g/mol. The normalized spacial score (nSPS) is 22.4. The fraction of sp³-hybridized carbons (Fsp3) is 0.333. The Morgan fingerprint density at radius 1 is 0.781 bits per heavy atom. The zero-order chi connectivity index (χ0) is 21.8. The number of hydrazine groups is 1. The van der Waals surface area contributed by atoms with Crippen molar-refractivity contribution in [2.75, 3.05) is 39.3 Å². The summed E-state index contributed by atoms with van der Waals surface area (Å²) in [5.41, 5.74) is 10.9. The Labute approximate surface area is 196 Å². The minimum atomic E-state index is 0.316. The molecule has 0 radical (unpaired) electrons. The van der Waals surface area contributed by atoms with E-state index in [1.807, 2.05) is 12.1 Å². The molecular formula is C27H31ClN4. The van der Waals surface area contributed by atoms with Gasteiger partial charge >= 0.3 is 0 Å². The summed E-state index contributed by atoms with van der Waals surface area (Å²) in [6.45, 7) is 6.44. The molecule has 3 aromatic rings. The predicted octanol–water partition coefficient (Wildman–Crippen LogP) is 4.51. The molecule has 3 aromatic carbocycles. The van der Waals surface area contributed by atoms with Gasteiger partial charge in [-0.3, -0.25) is 10.3 Å². The molecule has 166 valence electrons. The number of benzene rings is 3. The fourth-order valence-corrected chi connectivity index (χ4v) is 5.28. The number of piperazine rings is 1. The van der Waals surface area contributed by atoms with E-state index in [0.717, 1.165) is 44.3 Å². The third-order valence-electron chi connectivity index (χ3n) is 6.82. The van der Waals surface area contributed by atoms with E-state index in [2.05, 4.69) is 93.4 Å². The molecule has 2 aliphatic heterocycles. The molecule has 2 atom stereocenters. The van der Waals surface area contributed by atoms with Crippen LogP contribution in [0.3, 0.4) is 0 Å². The first-order valence-corrected chi connectivity index (χ1v) is 12.0. The molecule has 5 rings (SSSR count). The van der Waals surface area contributed by atoms with Gasteiger partial charge in [0.05, 0.1) is 12.1 Å². The molecule has 2 fully saturated rings. The van der Waals surface area contributed by atoms with Gasteiger partial charge in [0.2, 0.25) is 0 Å². The Morgan fingerprint density at radius 2 is 1.38 bits per heavy atom. The van der Waals surface area contributed by atoms with E-state index in [1.54, 1.807) is 0 Å². The first kappa shape index (κ1) is 21.6. The zero-order valence-corrected chi connectivity index (χ0v) is 19.1. The average molecular weight is 447 g/mol. The molecule has 0 spiro atoms. The van der Waals surface area contributed by atoms with Crippen LogP contribution in [0.15, 0.2) is 84.9 Å². The van der Waals surface area contributed by atoms with E-state index in [-0.39, 0.29) is 0 Å². The maximum absolute atomic E-state index is 6.09. The average Bonchev–Trinajstić information content (AvgIpc) is 3.30. The van der Waals surface area contributed by atoms with E-state index in [0.29, 0.717) is 18.0 Å². The van der Waals surface area contributed by atoms with E-state index >= 15 is 0 Å². The second kappa shape index (κ2) is 10.2. The predicted molar refractivity (Wildman–Crippen MR) is 132 cm³/mol. The topological polar surface area (TPSA) is 30.5 Å². The molecule has 2 aliphatic rings. The molecule has 32 heavy (non-hydrogen) atoms. The summed E-state index contributed by atoms with van der Waals surface area (Å²) >= 11 is 6.09. The lowest BCUT2D eigenvalue weighted by Crippen LogP contribution is -2.49. The number of hydrogen-bond acceptors (Lipinski definition) is 4. The highest BCUT2D eigenvalue weighted by Crippen LogP contribution is 2.31. The molecule has 0 amide bonds. The maximum atomic E-state index is 6.09. The lowest BCUT2D eigenvalue weighted by atomic mass is 9.94. The lowest BCUT2D eigenvalue weighted by molar-refractivity contribution is 0.0969. The van der Waals surface area contributed by atoms with Crippen molar-refractivity contribution in [2.24, 2.45) is 5.92 Å². The lowest BCUT2D eigenvalue weighted by Gasteiger charge is -2.40. The Morgan fingerprint density at radius 3 is 1.97 bits per heavy atom. The van der Waals surface area contributed by atoms with Gasteiger partial charge in [0, 0.05) is 50.2 Å². The summed E-state index contributed by atoms with van der Waals surface area (Å²) in [5.74, 6) is 0.543. The first-order chi connectivity index (χ1) is 15.8. The molecule has 5 heteroatoms. The van der Waals surface area contributed by atoms with Crippen molar-refractivity contribution >= 4 is 11.6 Å².